The molecule has 106 valence electrons. The van der Waals surface area contributed by atoms with E-state index < -0.39 is 28.1 Å². The number of nitro groups is 1. The van der Waals surface area contributed by atoms with Gasteiger partial charge in [-0.25, -0.2) is 4.98 Å². The summed E-state index contributed by atoms with van der Waals surface area (Å²) in [5.74, 6) is 0. The lowest BCUT2D eigenvalue weighted by molar-refractivity contribution is -0.384. The average Bonchev–Trinajstić information content (AvgIpc) is 2.23. The molecule has 0 saturated carbocycles. The Morgan fingerprint density at radius 2 is 2.05 bits per heavy atom. The van der Waals surface area contributed by atoms with Gasteiger partial charge in [-0.3, -0.25) is 10.1 Å². The Labute approximate surface area is 106 Å². The van der Waals surface area contributed by atoms with Gasteiger partial charge < -0.3 is 10.4 Å². The van der Waals surface area contributed by atoms with Crippen LogP contribution in [-0.4, -0.2) is 27.2 Å². The molecule has 1 heterocycles. The third kappa shape index (κ3) is 4.36. The summed E-state index contributed by atoms with van der Waals surface area (Å²) in [5.41, 5.74) is -3.39. The smallest absolute Gasteiger partial charge is 0.389 e. The first-order valence-electron chi connectivity index (χ1n) is 5.18. The lowest BCUT2D eigenvalue weighted by Crippen LogP contribution is -2.29. The van der Waals surface area contributed by atoms with Gasteiger partial charge in [-0.05, 0) is 19.9 Å². The third-order valence-corrected chi connectivity index (χ3v) is 2.08. The molecule has 2 N–H and O–H groups in total. The number of halogens is 3. The molecule has 0 aliphatic heterocycles. The fourth-order valence-electron chi connectivity index (χ4n) is 1.20. The predicted octanol–water partition coefficient (Wildman–Crippen LogP) is 2.19. The zero-order valence-corrected chi connectivity index (χ0v) is 10.2. The van der Waals surface area contributed by atoms with E-state index in [0.29, 0.717) is 12.3 Å². The second kappa shape index (κ2) is 5.00. The van der Waals surface area contributed by atoms with Gasteiger partial charge in [0.05, 0.1) is 10.5 Å². The number of pyridine rings is 1. The zero-order chi connectivity index (χ0) is 14.8. The molecule has 0 amide bonds. The van der Waals surface area contributed by atoms with Crippen molar-refractivity contribution >= 4 is 11.4 Å². The topological polar surface area (TPSA) is 88.3 Å². The van der Waals surface area contributed by atoms with E-state index in [2.05, 4.69) is 10.3 Å². The normalized spacial score (nSPS) is 12.3. The second-order valence-electron chi connectivity index (χ2n) is 4.51. The summed E-state index contributed by atoms with van der Waals surface area (Å²) < 4.78 is 37.4. The van der Waals surface area contributed by atoms with E-state index in [1.54, 1.807) is 0 Å². The van der Waals surface area contributed by atoms with E-state index in [9.17, 15) is 28.4 Å². The maximum atomic E-state index is 12.5. The van der Waals surface area contributed by atoms with Crippen molar-refractivity contribution in [2.45, 2.75) is 25.6 Å². The standard InChI is InChI=1S/C10H12F3N3O3/c1-9(2,17)5-15-6-3-8(10(11,12)13)14-4-7(6)16(18)19/h3-4,17H,5H2,1-2H3,(H,14,15). The molecule has 0 bridgehead atoms. The van der Waals surface area contributed by atoms with Crippen molar-refractivity contribution in [3.05, 3.63) is 28.1 Å². The summed E-state index contributed by atoms with van der Waals surface area (Å²) in [6.45, 7) is 2.69. The monoisotopic (exact) mass is 279 g/mol. The minimum absolute atomic E-state index is 0.144. The van der Waals surface area contributed by atoms with Crippen LogP contribution in [0.5, 0.6) is 0 Å². The largest absolute Gasteiger partial charge is 0.433 e. The fraction of sp³-hybridized carbons (Fsp3) is 0.500. The number of nitrogens with zero attached hydrogens (tertiary/aromatic N) is 2. The van der Waals surface area contributed by atoms with Gasteiger partial charge in [0.1, 0.15) is 17.6 Å². The van der Waals surface area contributed by atoms with Gasteiger partial charge in [-0.2, -0.15) is 13.2 Å². The van der Waals surface area contributed by atoms with Crippen LogP contribution in [0.1, 0.15) is 19.5 Å². The van der Waals surface area contributed by atoms with Crippen molar-refractivity contribution in [1.82, 2.24) is 4.98 Å². The first kappa shape index (κ1) is 15.2. The SMILES string of the molecule is CC(C)(O)CNc1cc(C(F)(F)F)ncc1[N+](=O)[O-]. The molecule has 0 atom stereocenters. The summed E-state index contributed by atoms with van der Waals surface area (Å²) in [4.78, 5) is 12.8. The number of aromatic nitrogens is 1. The van der Waals surface area contributed by atoms with Gasteiger partial charge in [0.15, 0.2) is 0 Å². The number of aliphatic hydroxyl groups is 1. The molecular formula is C10H12F3N3O3. The van der Waals surface area contributed by atoms with Crippen LogP contribution in [0.15, 0.2) is 12.3 Å². The molecule has 1 aromatic heterocycles. The van der Waals surface area contributed by atoms with E-state index in [1.807, 2.05) is 0 Å². The van der Waals surface area contributed by atoms with Gasteiger partial charge in [0.2, 0.25) is 0 Å². The van der Waals surface area contributed by atoms with Crippen LogP contribution in [0.3, 0.4) is 0 Å². The van der Waals surface area contributed by atoms with E-state index >= 15 is 0 Å². The highest BCUT2D eigenvalue weighted by molar-refractivity contribution is 5.61. The van der Waals surface area contributed by atoms with Crippen LogP contribution in [0.25, 0.3) is 0 Å². The highest BCUT2D eigenvalue weighted by Crippen LogP contribution is 2.32. The lowest BCUT2D eigenvalue weighted by atomic mass is 10.1. The van der Waals surface area contributed by atoms with Crippen molar-refractivity contribution in [2.75, 3.05) is 11.9 Å². The Hall–Kier alpha value is -1.90. The Kier molecular flexibility index (Phi) is 3.99. The fourth-order valence-corrected chi connectivity index (χ4v) is 1.20. The molecule has 6 nitrogen and oxygen atoms in total. The van der Waals surface area contributed by atoms with Crippen LogP contribution >= 0.6 is 0 Å². The summed E-state index contributed by atoms with van der Waals surface area (Å²) in [6.07, 6.45) is -4.16. The molecule has 0 radical (unpaired) electrons. The Morgan fingerprint density at radius 1 is 1.47 bits per heavy atom. The summed E-state index contributed by atoms with van der Waals surface area (Å²) in [6, 6.07) is 0.546. The minimum atomic E-state index is -4.69. The molecule has 0 aromatic carbocycles. The number of hydrogen-bond acceptors (Lipinski definition) is 5. The van der Waals surface area contributed by atoms with Crippen molar-refractivity contribution < 1.29 is 23.2 Å². The number of hydrogen-bond donors (Lipinski definition) is 2. The minimum Gasteiger partial charge on any atom is -0.389 e. The number of alkyl halides is 3. The Morgan fingerprint density at radius 3 is 2.47 bits per heavy atom. The summed E-state index contributed by atoms with van der Waals surface area (Å²) in [5, 5.41) is 22.6. The molecule has 0 fully saturated rings. The molecule has 19 heavy (non-hydrogen) atoms. The van der Waals surface area contributed by atoms with Gasteiger partial charge in [-0.15, -0.1) is 0 Å². The summed E-state index contributed by atoms with van der Waals surface area (Å²) in [7, 11) is 0. The zero-order valence-electron chi connectivity index (χ0n) is 10.2. The third-order valence-electron chi connectivity index (χ3n) is 2.08. The Bertz CT molecular complexity index is 483. The van der Waals surface area contributed by atoms with Gasteiger partial charge in [0.25, 0.3) is 0 Å². The van der Waals surface area contributed by atoms with E-state index in [1.165, 1.54) is 13.8 Å². The van der Waals surface area contributed by atoms with Crippen LogP contribution in [0.2, 0.25) is 0 Å². The molecule has 9 heteroatoms. The van der Waals surface area contributed by atoms with E-state index in [-0.39, 0.29) is 12.2 Å². The average molecular weight is 279 g/mol. The van der Waals surface area contributed by atoms with Crippen LogP contribution in [0.4, 0.5) is 24.5 Å². The van der Waals surface area contributed by atoms with Crippen LogP contribution in [0, 0.1) is 10.1 Å². The quantitative estimate of drug-likeness (QED) is 0.651. The molecule has 0 unspecified atom stereocenters. The maximum Gasteiger partial charge on any atom is 0.433 e. The van der Waals surface area contributed by atoms with Gasteiger partial charge >= 0.3 is 11.9 Å². The number of rotatable bonds is 4. The van der Waals surface area contributed by atoms with E-state index in [4.69, 9.17) is 0 Å². The van der Waals surface area contributed by atoms with E-state index in [0.717, 1.165) is 0 Å². The number of anilines is 1. The molecular weight excluding hydrogens is 267 g/mol. The maximum absolute atomic E-state index is 12.5. The van der Waals surface area contributed by atoms with Crippen molar-refractivity contribution in [3.8, 4) is 0 Å². The second-order valence-corrected chi connectivity index (χ2v) is 4.51. The lowest BCUT2D eigenvalue weighted by Gasteiger charge is -2.18. The van der Waals surface area contributed by atoms with Crippen molar-refractivity contribution in [2.24, 2.45) is 0 Å². The highest BCUT2D eigenvalue weighted by Gasteiger charge is 2.34. The molecule has 0 spiro atoms. The van der Waals surface area contributed by atoms with Gasteiger partial charge in [0, 0.05) is 6.54 Å². The molecule has 0 aliphatic rings. The molecule has 1 rings (SSSR count). The van der Waals surface area contributed by atoms with Crippen molar-refractivity contribution in [1.29, 1.82) is 0 Å². The molecule has 0 aliphatic carbocycles. The van der Waals surface area contributed by atoms with Crippen LogP contribution < -0.4 is 5.32 Å². The molecule has 1 aromatic rings. The Balaban J connectivity index is 3.13. The highest BCUT2D eigenvalue weighted by atomic mass is 19.4. The van der Waals surface area contributed by atoms with Crippen LogP contribution in [-0.2, 0) is 6.18 Å². The summed E-state index contributed by atoms with van der Waals surface area (Å²) >= 11 is 0. The predicted molar refractivity (Wildman–Crippen MR) is 60.7 cm³/mol. The van der Waals surface area contributed by atoms with Gasteiger partial charge in [-0.1, -0.05) is 0 Å². The number of nitrogens with one attached hydrogen (secondary N) is 1. The molecule has 0 saturated heterocycles. The van der Waals surface area contributed by atoms with Crippen molar-refractivity contribution in [3.63, 3.8) is 0 Å². The first-order valence-corrected chi connectivity index (χ1v) is 5.18. The first-order chi connectivity index (χ1) is 8.50.